The maximum Gasteiger partial charge on any atom is 0.257 e. The highest BCUT2D eigenvalue weighted by Gasteiger charge is 2.25. The first kappa shape index (κ1) is 20.7. The number of carbonyl (C=O) groups is 1. The van der Waals surface area contributed by atoms with Crippen LogP contribution in [0.15, 0.2) is 48.5 Å². The van der Waals surface area contributed by atoms with E-state index in [0.717, 1.165) is 19.6 Å². The second-order valence-electron chi connectivity index (χ2n) is 6.81. The summed E-state index contributed by atoms with van der Waals surface area (Å²) in [5, 5.41) is 0. The molecule has 0 spiro atoms. The Morgan fingerprint density at radius 2 is 1.52 bits per heavy atom. The number of nitrogens with zero attached hydrogens (tertiary/aromatic N) is 2. The average Bonchev–Trinajstić information content (AvgIpc) is 2.78. The van der Waals surface area contributed by atoms with Crippen LogP contribution >= 0.6 is 0 Å². The average molecular weight is 396 g/mol. The van der Waals surface area contributed by atoms with Gasteiger partial charge in [0, 0.05) is 44.9 Å². The molecule has 0 unspecified atom stereocenters. The second kappa shape index (κ2) is 9.98. The molecular weight excluding hydrogens is 368 g/mol. The van der Waals surface area contributed by atoms with Gasteiger partial charge in [-0.15, -0.1) is 0 Å². The fourth-order valence-corrected chi connectivity index (χ4v) is 3.40. The van der Waals surface area contributed by atoms with Gasteiger partial charge in [0.25, 0.3) is 5.91 Å². The molecule has 1 fully saturated rings. The maximum absolute atomic E-state index is 13.1. The molecule has 1 aliphatic rings. The summed E-state index contributed by atoms with van der Waals surface area (Å²) in [5.41, 5.74) is 1.68. The van der Waals surface area contributed by atoms with Crippen LogP contribution in [0.3, 0.4) is 0 Å². The van der Waals surface area contributed by atoms with E-state index in [9.17, 15) is 4.79 Å². The molecule has 29 heavy (non-hydrogen) atoms. The minimum Gasteiger partial charge on any atom is -0.496 e. The highest BCUT2D eigenvalue weighted by atomic mass is 16.5. The Bertz CT molecular complexity index is 843. The van der Waals surface area contributed by atoms with E-state index in [1.807, 2.05) is 23.1 Å². The summed E-state index contributed by atoms with van der Waals surface area (Å²) in [6.45, 7) is 3.89. The van der Waals surface area contributed by atoms with Crippen molar-refractivity contribution in [3.8, 4) is 17.2 Å². The van der Waals surface area contributed by atoms with Crippen molar-refractivity contribution in [1.29, 1.82) is 0 Å². The van der Waals surface area contributed by atoms with Crippen LogP contribution in [0.25, 0.3) is 6.08 Å². The number of hydrogen-bond acceptors (Lipinski definition) is 5. The van der Waals surface area contributed by atoms with Gasteiger partial charge in [0.05, 0.1) is 26.9 Å². The largest absolute Gasteiger partial charge is 0.496 e. The molecular formula is C23H28N2O4. The number of benzene rings is 2. The van der Waals surface area contributed by atoms with Crippen molar-refractivity contribution in [3.63, 3.8) is 0 Å². The number of hydrogen-bond donors (Lipinski definition) is 0. The predicted octanol–water partition coefficient (Wildman–Crippen LogP) is 3.18. The van der Waals surface area contributed by atoms with Gasteiger partial charge < -0.3 is 19.1 Å². The third-order valence-electron chi connectivity index (χ3n) is 5.07. The number of carbonyl (C=O) groups excluding carboxylic acids is 1. The minimum atomic E-state index is -0.0534. The van der Waals surface area contributed by atoms with Crippen LogP contribution in [0.4, 0.5) is 0 Å². The van der Waals surface area contributed by atoms with E-state index in [-0.39, 0.29) is 5.91 Å². The van der Waals surface area contributed by atoms with Crippen molar-refractivity contribution in [2.24, 2.45) is 0 Å². The van der Waals surface area contributed by atoms with Crippen molar-refractivity contribution in [2.45, 2.75) is 0 Å². The molecule has 0 aromatic heterocycles. The van der Waals surface area contributed by atoms with Gasteiger partial charge in [-0.25, -0.2) is 0 Å². The molecule has 0 N–H and O–H groups in total. The van der Waals surface area contributed by atoms with Crippen LogP contribution in [0.1, 0.15) is 15.9 Å². The Hall–Kier alpha value is -2.99. The Balaban J connectivity index is 1.60. The third-order valence-corrected chi connectivity index (χ3v) is 5.07. The lowest BCUT2D eigenvalue weighted by atomic mass is 10.1. The van der Waals surface area contributed by atoms with Crippen LogP contribution in [0.5, 0.6) is 17.2 Å². The summed E-state index contributed by atoms with van der Waals surface area (Å²) in [6, 6.07) is 13.6. The number of rotatable bonds is 7. The van der Waals surface area contributed by atoms with E-state index >= 15 is 0 Å². The molecule has 0 aliphatic carbocycles. The molecule has 6 heteroatoms. The molecule has 1 aliphatic heterocycles. The van der Waals surface area contributed by atoms with Crippen LogP contribution < -0.4 is 14.2 Å². The van der Waals surface area contributed by atoms with Gasteiger partial charge in [0.1, 0.15) is 5.75 Å². The summed E-state index contributed by atoms with van der Waals surface area (Å²) in [6.07, 6.45) is 4.30. The quantitative estimate of drug-likeness (QED) is 0.720. The lowest BCUT2D eigenvalue weighted by molar-refractivity contribution is 0.0646. The van der Waals surface area contributed by atoms with Gasteiger partial charge in [0.15, 0.2) is 11.5 Å². The predicted molar refractivity (Wildman–Crippen MR) is 114 cm³/mol. The van der Waals surface area contributed by atoms with E-state index < -0.39 is 0 Å². The first-order valence-electron chi connectivity index (χ1n) is 9.69. The topological polar surface area (TPSA) is 51.2 Å². The van der Waals surface area contributed by atoms with Crippen LogP contribution in [-0.4, -0.2) is 69.8 Å². The monoisotopic (exact) mass is 396 g/mol. The molecule has 1 amide bonds. The van der Waals surface area contributed by atoms with Crippen LogP contribution in [0.2, 0.25) is 0 Å². The summed E-state index contributed by atoms with van der Waals surface area (Å²) < 4.78 is 16.1. The maximum atomic E-state index is 13.1. The summed E-state index contributed by atoms with van der Waals surface area (Å²) in [5.74, 6) is 1.49. The van der Waals surface area contributed by atoms with Gasteiger partial charge in [-0.3, -0.25) is 9.69 Å². The Labute approximate surface area is 172 Å². The zero-order valence-corrected chi connectivity index (χ0v) is 17.3. The molecule has 1 saturated heterocycles. The summed E-state index contributed by atoms with van der Waals surface area (Å²) >= 11 is 0. The molecule has 0 atom stereocenters. The first-order valence-corrected chi connectivity index (χ1v) is 9.69. The van der Waals surface area contributed by atoms with Crippen molar-refractivity contribution in [1.82, 2.24) is 9.80 Å². The molecule has 2 aromatic rings. The lowest BCUT2D eigenvalue weighted by Gasteiger charge is -2.34. The molecule has 6 nitrogen and oxygen atoms in total. The Morgan fingerprint density at radius 3 is 2.14 bits per heavy atom. The van der Waals surface area contributed by atoms with Gasteiger partial charge >= 0.3 is 0 Å². The Morgan fingerprint density at radius 1 is 0.897 bits per heavy atom. The lowest BCUT2D eigenvalue weighted by Crippen LogP contribution is -2.48. The number of ether oxygens (including phenoxy) is 3. The van der Waals surface area contributed by atoms with E-state index in [2.05, 4.69) is 29.2 Å². The zero-order valence-electron chi connectivity index (χ0n) is 17.3. The number of amides is 1. The van der Waals surface area contributed by atoms with Gasteiger partial charge in [-0.1, -0.05) is 42.5 Å². The van der Waals surface area contributed by atoms with Crippen molar-refractivity contribution in [3.05, 3.63) is 59.7 Å². The van der Waals surface area contributed by atoms with E-state index in [4.69, 9.17) is 14.2 Å². The molecule has 2 aromatic carbocycles. The fraction of sp³-hybridized carbons (Fsp3) is 0.348. The number of methoxy groups -OCH3 is 3. The smallest absolute Gasteiger partial charge is 0.257 e. The number of piperazine rings is 1. The molecule has 3 rings (SSSR count). The standard InChI is InChI=1S/C23H28N2O4/c1-27-20-17-22(29-3)21(28-2)16-19(20)23(26)25-14-12-24(13-15-25)11-7-10-18-8-5-4-6-9-18/h4-10,16-17H,11-15H2,1-3H3. The molecule has 154 valence electrons. The van der Waals surface area contributed by atoms with E-state index in [1.54, 1.807) is 33.5 Å². The SMILES string of the molecule is COc1cc(OC)c(C(=O)N2CCN(CC=Cc3ccccc3)CC2)cc1OC. The minimum absolute atomic E-state index is 0.0534. The van der Waals surface area contributed by atoms with Crippen molar-refractivity contribution >= 4 is 12.0 Å². The van der Waals surface area contributed by atoms with Gasteiger partial charge in [0.2, 0.25) is 0 Å². The summed E-state index contributed by atoms with van der Waals surface area (Å²) in [4.78, 5) is 17.3. The van der Waals surface area contributed by atoms with Crippen molar-refractivity contribution < 1.29 is 19.0 Å². The molecule has 0 bridgehead atoms. The molecule has 1 heterocycles. The normalized spacial score (nSPS) is 14.8. The highest BCUT2D eigenvalue weighted by Crippen LogP contribution is 2.35. The van der Waals surface area contributed by atoms with Crippen LogP contribution in [-0.2, 0) is 0 Å². The van der Waals surface area contributed by atoms with E-state index in [0.29, 0.717) is 35.9 Å². The van der Waals surface area contributed by atoms with Crippen LogP contribution in [0, 0.1) is 0 Å². The second-order valence-corrected chi connectivity index (χ2v) is 6.81. The fourth-order valence-electron chi connectivity index (χ4n) is 3.40. The van der Waals surface area contributed by atoms with Gasteiger partial charge in [-0.05, 0) is 5.56 Å². The van der Waals surface area contributed by atoms with Gasteiger partial charge in [-0.2, -0.15) is 0 Å². The molecule has 0 saturated carbocycles. The van der Waals surface area contributed by atoms with E-state index in [1.165, 1.54) is 5.56 Å². The van der Waals surface area contributed by atoms with Crippen molar-refractivity contribution in [2.75, 3.05) is 54.1 Å². The summed E-state index contributed by atoms with van der Waals surface area (Å²) in [7, 11) is 4.67. The highest BCUT2D eigenvalue weighted by molar-refractivity contribution is 5.98. The third kappa shape index (κ3) is 5.09. The molecule has 0 radical (unpaired) electrons. The Kier molecular flexibility index (Phi) is 7.14. The zero-order chi connectivity index (χ0) is 20.6. The first-order chi connectivity index (χ1) is 14.2.